The molecule has 1 aliphatic heterocycles. The molecule has 1 saturated heterocycles. The number of likely N-dealkylation sites (tertiary alicyclic amines) is 1. The summed E-state index contributed by atoms with van der Waals surface area (Å²) < 4.78 is 12.9. The third kappa shape index (κ3) is 5.05. The van der Waals surface area contributed by atoms with Crippen molar-refractivity contribution in [3.8, 4) is 0 Å². The van der Waals surface area contributed by atoms with Crippen molar-refractivity contribution >= 4 is 11.8 Å². The molecule has 1 heterocycles. The molecule has 0 unspecified atom stereocenters. The number of amides is 2. The van der Waals surface area contributed by atoms with Crippen LogP contribution in [0.2, 0.25) is 0 Å². The average Bonchev–Trinajstić information content (AvgIpc) is 2.88. The lowest BCUT2D eigenvalue weighted by atomic mass is 10.1. The van der Waals surface area contributed by atoms with Gasteiger partial charge in [-0.05, 0) is 37.5 Å². The summed E-state index contributed by atoms with van der Waals surface area (Å²) in [6.07, 6.45) is 2.93. The van der Waals surface area contributed by atoms with Gasteiger partial charge in [-0.2, -0.15) is 0 Å². The SMILES string of the molecule is CCC[C@H](C)NC(=O)[C@@H]1CC(=O)N(CCc2ccc(F)cc2)C1. The van der Waals surface area contributed by atoms with E-state index in [2.05, 4.69) is 12.2 Å². The van der Waals surface area contributed by atoms with E-state index in [-0.39, 0.29) is 36.0 Å². The molecule has 126 valence electrons. The minimum Gasteiger partial charge on any atom is -0.353 e. The van der Waals surface area contributed by atoms with Gasteiger partial charge in [-0.3, -0.25) is 9.59 Å². The number of rotatable bonds is 7. The summed E-state index contributed by atoms with van der Waals surface area (Å²) in [5, 5.41) is 2.98. The van der Waals surface area contributed by atoms with Crippen LogP contribution in [0.3, 0.4) is 0 Å². The quantitative estimate of drug-likeness (QED) is 0.839. The van der Waals surface area contributed by atoms with E-state index >= 15 is 0 Å². The number of hydrogen-bond donors (Lipinski definition) is 1. The molecule has 1 fully saturated rings. The highest BCUT2D eigenvalue weighted by molar-refractivity contribution is 5.89. The molecular weight excluding hydrogens is 295 g/mol. The maximum absolute atomic E-state index is 12.9. The Labute approximate surface area is 137 Å². The van der Waals surface area contributed by atoms with Crippen LogP contribution < -0.4 is 5.32 Å². The van der Waals surface area contributed by atoms with Gasteiger partial charge >= 0.3 is 0 Å². The summed E-state index contributed by atoms with van der Waals surface area (Å²) in [4.78, 5) is 26.0. The van der Waals surface area contributed by atoms with Crippen LogP contribution in [0, 0.1) is 11.7 Å². The number of carbonyl (C=O) groups excluding carboxylic acids is 2. The Hall–Kier alpha value is -1.91. The second-order valence-electron chi connectivity index (χ2n) is 6.32. The normalized spacial score (nSPS) is 19.0. The van der Waals surface area contributed by atoms with E-state index in [1.807, 2.05) is 6.92 Å². The summed E-state index contributed by atoms with van der Waals surface area (Å²) in [5.41, 5.74) is 0.990. The fourth-order valence-electron chi connectivity index (χ4n) is 2.94. The van der Waals surface area contributed by atoms with Crippen molar-refractivity contribution in [3.63, 3.8) is 0 Å². The van der Waals surface area contributed by atoms with E-state index in [0.717, 1.165) is 18.4 Å². The smallest absolute Gasteiger partial charge is 0.225 e. The van der Waals surface area contributed by atoms with Crippen molar-refractivity contribution in [2.45, 2.75) is 45.6 Å². The fraction of sp³-hybridized carbons (Fsp3) is 0.556. The first-order valence-corrected chi connectivity index (χ1v) is 8.32. The highest BCUT2D eigenvalue weighted by Gasteiger charge is 2.34. The predicted molar refractivity (Wildman–Crippen MR) is 87.3 cm³/mol. The summed E-state index contributed by atoms with van der Waals surface area (Å²) in [5.74, 6) is -0.516. The molecule has 2 atom stereocenters. The third-order valence-electron chi connectivity index (χ3n) is 4.28. The molecule has 0 saturated carbocycles. The Morgan fingerprint density at radius 2 is 2.09 bits per heavy atom. The van der Waals surface area contributed by atoms with Gasteiger partial charge in [0.25, 0.3) is 0 Å². The van der Waals surface area contributed by atoms with Crippen LogP contribution in [0.15, 0.2) is 24.3 Å². The van der Waals surface area contributed by atoms with E-state index in [1.165, 1.54) is 12.1 Å². The molecule has 4 nitrogen and oxygen atoms in total. The molecule has 1 aromatic carbocycles. The number of hydrogen-bond acceptors (Lipinski definition) is 2. The van der Waals surface area contributed by atoms with Gasteiger partial charge in [0.05, 0.1) is 5.92 Å². The van der Waals surface area contributed by atoms with Crippen LogP contribution in [0.5, 0.6) is 0 Å². The van der Waals surface area contributed by atoms with Crippen LogP contribution in [0.4, 0.5) is 4.39 Å². The molecule has 1 N–H and O–H groups in total. The Morgan fingerprint density at radius 3 is 2.74 bits per heavy atom. The molecule has 1 aromatic rings. The van der Waals surface area contributed by atoms with Gasteiger partial charge in [-0.15, -0.1) is 0 Å². The van der Waals surface area contributed by atoms with Gasteiger partial charge in [0.1, 0.15) is 5.82 Å². The molecule has 0 aromatic heterocycles. The van der Waals surface area contributed by atoms with E-state index in [1.54, 1.807) is 17.0 Å². The Bertz CT molecular complexity index is 544. The lowest BCUT2D eigenvalue weighted by molar-refractivity contribution is -0.129. The van der Waals surface area contributed by atoms with E-state index in [0.29, 0.717) is 19.5 Å². The van der Waals surface area contributed by atoms with Gasteiger partial charge in [0, 0.05) is 25.6 Å². The van der Waals surface area contributed by atoms with Crippen LogP contribution in [0.1, 0.15) is 38.7 Å². The molecule has 0 aliphatic carbocycles. The lowest BCUT2D eigenvalue weighted by Gasteiger charge is -2.18. The lowest BCUT2D eigenvalue weighted by Crippen LogP contribution is -2.38. The Morgan fingerprint density at radius 1 is 1.39 bits per heavy atom. The van der Waals surface area contributed by atoms with E-state index in [4.69, 9.17) is 0 Å². The van der Waals surface area contributed by atoms with Gasteiger partial charge in [-0.25, -0.2) is 4.39 Å². The van der Waals surface area contributed by atoms with Crippen LogP contribution in [-0.2, 0) is 16.0 Å². The van der Waals surface area contributed by atoms with Crippen LogP contribution in [0.25, 0.3) is 0 Å². The number of halogens is 1. The minimum atomic E-state index is -0.260. The van der Waals surface area contributed by atoms with Gasteiger partial charge < -0.3 is 10.2 Å². The summed E-state index contributed by atoms with van der Waals surface area (Å²) >= 11 is 0. The number of carbonyl (C=O) groups is 2. The van der Waals surface area contributed by atoms with Crippen molar-refractivity contribution in [1.29, 1.82) is 0 Å². The second kappa shape index (κ2) is 8.09. The number of nitrogens with one attached hydrogen (secondary N) is 1. The minimum absolute atomic E-state index is 0.0235. The van der Waals surface area contributed by atoms with Crippen molar-refractivity contribution in [1.82, 2.24) is 10.2 Å². The van der Waals surface area contributed by atoms with Gasteiger partial charge in [-0.1, -0.05) is 25.5 Å². The zero-order chi connectivity index (χ0) is 16.8. The topological polar surface area (TPSA) is 49.4 Å². The number of nitrogens with zero attached hydrogens (tertiary/aromatic N) is 1. The largest absolute Gasteiger partial charge is 0.353 e. The van der Waals surface area contributed by atoms with Crippen LogP contribution >= 0.6 is 0 Å². The van der Waals surface area contributed by atoms with Crippen molar-refractivity contribution in [3.05, 3.63) is 35.6 Å². The first-order chi connectivity index (χ1) is 11.0. The van der Waals surface area contributed by atoms with Gasteiger partial charge in [0.15, 0.2) is 0 Å². The molecule has 0 spiro atoms. The first kappa shape index (κ1) is 17.4. The van der Waals surface area contributed by atoms with Crippen molar-refractivity contribution in [2.24, 2.45) is 5.92 Å². The maximum Gasteiger partial charge on any atom is 0.225 e. The average molecular weight is 320 g/mol. The summed E-state index contributed by atoms with van der Waals surface area (Å²) in [7, 11) is 0. The molecule has 2 rings (SSSR count). The zero-order valence-corrected chi connectivity index (χ0v) is 13.8. The first-order valence-electron chi connectivity index (χ1n) is 8.32. The highest BCUT2D eigenvalue weighted by Crippen LogP contribution is 2.19. The molecule has 0 radical (unpaired) electrons. The number of benzene rings is 1. The Kier molecular flexibility index (Phi) is 6.13. The Balaban J connectivity index is 1.82. The van der Waals surface area contributed by atoms with Crippen molar-refractivity contribution in [2.75, 3.05) is 13.1 Å². The summed E-state index contributed by atoms with van der Waals surface area (Å²) in [6, 6.07) is 6.45. The van der Waals surface area contributed by atoms with Crippen LogP contribution in [-0.4, -0.2) is 35.8 Å². The second-order valence-corrected chi connectivity index (χ2v) is 6.32. The molecular formula is C18H25FN2O2. The van der Waals surface area contributed by atoms with Crippen molar-refractivity contribution < 1.29 is 14.0 Å². The maximum atomic E-state index is 12.9. The fourth-order valence-corrected chi connectivity index (χ4v) is 2.94. The highest BCUT2D eigenvalue weighted by atomic mass is 19.1. The molecule has 2 amide bonds. The van der Waals surface area contributed by atoms with E-state index in [9.17, 15) is 14.0 Å². The zero-order valence-electron chi connectivity index (χ0n) is 13.8. The standard InChI is InChI=1S/C18H25FN2O2/c1-3-4-13(2)20-18(23)15-11-17(22)21(12-15)10-9-14-5-7-16(19)8-6-14/h5-8,13,15H,3-4,9-12H2,1-2H3,(H,20,23)/t13-,15+/m0/s1. The summed E-state index contributed by atoms with van der Waals surface area (Å²) in [6.45, 7) is 5.12. The molecule has 1 aliphatic rings. The molecule has 23 heavy (non-hydrogen) atoms. The van der Waals surface area contributed by atoms with Gasteiger partial charge in [0.2, 0.25) is 11.8 Å². The third-order valence-corrected chi connectivity index (χ3v) is 4.28. The monoisotopic (exact) mass is 320 g/mol. The van der Waals surface area contributed by atoms with E-state index < -0.39 is 0 Å². The molecule has 0 bridgehead atoms. The predicted octanol–water partition coefficient (Wildman–Crippen LogP) is 2.52. The molecule has 5 heteroatoms.